The predicted molar refractivity (Wildman–Crippen MR) is 81.3 cm³/mol. The summed E-state index contributed by atoms with van der Waals surface area (Å²) < 4.78 is 20.4. The number of halogens is 1. The highest BCUT2D eigenvalue weighted by molar-refractivity contribution is 8.00. The van der Waals surface area contributed by atoms with Gasteiger partial charge in [0.25, 0.3) is 5.91 Å². The van der Waals surface area contributed by atoms with Gasteiger partial charge in [-0.3, -0.25) is 4.79 Å². The first-order valence-corrected chi connectivity index (χ1v) is 7.81. The Balaban J connectivity index is 2.12. The molecule has 1 aliphatic rings. The fourth-order valence-corrected chi connectivity index (χ4v) is 3.12. The van der Waals surface area contributed by atoms with Gasteiger partial charge in [-0.2, -0.15) is 11.8 Å². The first kappa shape index (κ1) is 15.0. The number of hydrogen-bond acceptors (Lipinski definition) is 5. The minimum atomic E-state index is -0.571. The normalized spacial score (nSPS) is 15.5. The number of hydrogen-bond donors (Lipinski definition) is 1. The molecular formula is C14H14FN3O3S. The zero-order chi connectivity index (χ0) is 15.7. The number of amides is 1. The number of aromatic hydroxyl groups is 1. The van der Waals surface area contributed by atoms with E-state index in [4.69, 9.17) is 0 Å². The third kappa shape index (κ3) is 2.48. The number of nitrogens with zero attached hydrogens (tertiary/aromatic N) is 3. The second kappa shape index (κ2) is 6.05. The molecule has 1 aromatic carbocycles. The Kier molecular flexibility index (Phi) is 4.12. The van der Waals surface area contributed by atoms with E-state index < -0.39 is 11.7 Å². The number of thioether (sulfide) groups is 1. The second-order valence-corrected chi connectivity index (χ2v) is 5.97. The molecule has 0 spiro atoms. The van der Waals surface area contributed by atoms with Gasteiger partial charge in [0.05, 0.1) is 11.6 Å². The maximum Gasteiger partial charge on any atom is 0.290 e. The van der Waals surface area contributed by atoms with Gasteiger partial charge in [-0.15, -0.1) is 10.2 Å². The van der Waals surface area contributed by atoms with E-state index in [0.29, 0.717) is 10.9 Å². The van der Waals surface area contributed by atoms with Crippen molar-refractivity contribution in [3.63, 3.8) is 0 Å². The van der Waals surface area contributed by atoms with Crippen LogP contribution in [0.25, 0.3) is 10.9 Å². The number of carbonyl (C=O) groups excluding carboxylic acids is 1. The Morgan fingerprint density at radius 2 is 2.32 bits per heavy atom. The van der Waals surface area contributed by atoms with Gasteiger partial charge in [0.15, 0.2) is 5.69 Å². The van der Waals surface area contributed by atoms with Crippen molar-refractivity contribution in [2.45, 2.75) is 6.04 Å². The average molecular weight is 323 g/mol. The minimum absolute atomic E-state index is 0.0167. The Morgan fingerprint density at radius 3 is 2.95 bits per heavy atom. The van der Waals surface area contributed by atoms with E-state index >= 15 is 0 Å². The molecule has 22 heavy (non-hydrogen) atoms. The highest BCUT2D eigenvalue weighted by Crippen LogP contribution is 2.45. The standard InChI is InChI=1S/C14H14FN3O3S/c1-21-5-11(19)16-17-12-9-3-2-4-10(15)13(9)18(14(12)20)8-6-22-7-8/h2-4,8,20H,5-7H2,1H3. The summed E-state index contributed by atoms with van der Waals surface area (Å²) >= 11 is 1.72. The second-order valence-electron chi connectivity index (χ2n) is 4.90. The molecule has 1 amide bonds. The van der Waals surface area contributed by atoms with Crippen molar-refractivity contribution in [1.29, 1.82) is 0 Å². The quantitative estimate of drug-likeness (QED) is 0.878. The van der Waals surface area contributed by atoms with Crippen molar-refractivity contribution in [2.75, 3.05) is 25.2 Å². The van der Waals surface area contributed by atoms with Crippen LogP contribution in [0.3, 0.4) is 0 Å². The van der Waals surface area contributed by atoms with Crippen LogP contribution in [0.4, 0.5) is 10.1 Å². The van der Waals surface area contributed by atoms with Crippen molar-refractivity contribution in [2.24, 2.45) is 10.2 Å². The smallest absolute Gasteiger partial charge is 0.290 e. The van der Waals surface area contributed by atoms with E-state index in [1.807, 2.05) is 0 Å². The van der Waals surface area contributed by atoms with Crippen molar-refractivity contribution in [3.8, 4) is 5.88 Å². The van der Waals surface area contributed by atoms with Crippen molar-refractivity contribution >= 4 is 34.3 Å². The number of rotatable bonds is 4. The Hall–Kier alpha value is -1.93. The lowest BCUT2D eigenvalue weighted by Gasteiger charge is -2.27. The van der Waals surface area contributed by atoms with Gasteiger partial charge in [0, 0.05) is 24.0 Å². The minimum Gasteiger partial charge on any atom is -0.493 e. The maximum atomic E-state index is 14.2. The molecule has 116 valence electrons. The third-order valence-corrected chi connectivity index (χ3v) is 4.68. The molecule has 0 aliphatic carbocycles. The zero-order valence-electron chi connectivity index (χ0n) is 11.8. The third-order valence-electron chi connectivity index (χ3n) is 3.44. The molecule has 1 fully saturated rings. The lowest BCUT2D eigenvalue weighted by Crippen LogP contribution is -2.22. The summed E-state index contributed by atoms with van der Waals surface area (Å²) in [5.74, 6) is 0.419. The molecule has 1 aromatic heterocycles. The van der Waals surface area contributed by atoms with Gasteiger partial charge in [-0.1, -0.05) is 12.1 Å². The van der Waals surface area contributed by atoms with Gasteiger partial charge in [0.2, 0.25) is 5.88 Å². The molecule has 8 heteroatoms. The molecule has 1 aliphatic heterocycles. The summed E-state index contributed by atoms with van der Waals surface area (Å²) in [6.07, 6.45) is 0. The maximum absolute atomic E-state index is 14.2. The van der Waals surface area contributed by atoms with E-state index in [1.165, 1.54) is 23.8 Å². The van der Waals surface area contributed by atoms with Gasteiger partial charge in [0.1, 0.15) is 12.4 Å². The van der Waals surface area contributed by atoms with Crippen molar-refractivity contribution < 1.29 is 19.0 Å². The molecule has 0 bridgehead atoms. The monoisotopic (exact) mass is 323 g/mol. The molecule has 1 N–H and O–H groups in total. The van der Waals surface area contributed by atoms with Crippen LogP contribution in [0.2, 0.25) is 0 Å². The first-order valence-electron chi connectivity index (χ1n) is 6.66. The van der Waals surface area contributed by atoms with E-state index in [9.17, 15) is 14.3 Å². The summed E-state index contributed by atoms with van der Waals surface area (Å²) in [7, 11) is 1.38. The first-order chi connectivity index (χ1) is 10.6. The van der Waals surface area contributed by atoms with Crippen LogP contribution < -0.4 is 0 Å². The lowest BCUT2D eigenvalue weighted by atomic mass is 10.2. The summed E-state index contributed by atoms with van der Waals surface area (Å²) in [6, 6.07) is 4.53. The van der Waals surface area contributed by atoms with Gasteiger partial charge < -0.3 is 14.4 Å². The molecule has 2 aromatic rings. The number of carbonyl (C=O) groups is 1. The molecule has 2 heterocycles. The summed E-state index contributed by atoms with van der Waals surface area (Å²) in [6.45, 7) is -0.198. The van der Waals surface area contributed by atoms with Crippen molar-refractivity contribution in [3.05, 3.63) is 24.0 Å². The van der Waals surface area contributed by atoms with Crippen molar-refractivity contribution in [1.82, 2.24) is 4.57 Å². The molecule has 6 nitrogen and oxygen atoms in total. The van der Waals surface area contributed by atoms with Crippen LogP contribution in [-0.4, -0.2) is 40.8 Å². The average Bonchev–Trinajstić information content (AvgIpc) is 2.70. The summed E-state index contributed by atoms with van der Waals surface area (Å²) in [5.41, 5.74) is 0.397. The molecular weight excluding hydrogens is 309 g/mol. The fourth-order valence-electron chi connectivity index (χ4n) is 2.38. The van der Waals surface area contributed by atoms with Crippen LogP contribution in [0.15, 0.2) is 28.4 Å². The van der Waals surface area contributed by atoms with E-state index in [1.54, 1.807) is 17.8 Å². The number of azo groups is 1. The Labute approximate surface area is 130 Å². The summed E-state index contributed by atoms with van der Waals surface area (Å²) in [5, 5.41) is 18.1. The molecule has 0 unspecified atom stereocenters. The van der Waals surface area contributed by atoms with Crippen LogP contribution in [0.5, 0.6) is 5.88 Å². The fraction of sp³-hybridized carbons (Fsp3) is 0.357. The number of fused-ring (bicyclic) bond motifs is 1. The molecule has 0 atom stereocenters. The van der Waals surface area contributed by atoms with Crippen LogP contribution in [-0.2, 0) is 9.53 Å². The largest absolute Gasteiger partial charge is 0.493 e. The van der Waals surface area contributed by atoms with Gasteiger partial charge >= 0.3 is 0 Å². The zero-order valence-corrected chi connectivity index (χ0v) is 12.6. The number of aromatic nitrogens is 1. The number of ether oxygens (including phenoxy) is 1. The number of benzene rings is 1. The number of methoxy groups -OCH3 is 1. The Morgan fingerprint density at radius 1 is 1.55 bits per heavy atom. The topological polar surface area (TPSA) is 76.2 Å². The van der Waals surface area contributed by atoms with E-state index in [-0.39, 0.29) is 24.2 Å². The Bertz CT molecular complexity index is 755. The molecule has 1 saturated heterocycles. The van der Waals surface area contributed by atoms with Crippen LogP contribution in [0, 0.1) is 5.82 Å². The van der Waals surface area contributed by atoms with Gasteiger partial charge in [-0.25, -0.2) is 4.39 Å². The van der Waals surface area contributed by atoms with Crippen LogP contribution >= 0.6 is 11.8 Å². The van der Waals surface area contributed by atoms with E-state index in [0.717, 1.165) is 11.5 Å². The van der Waals surface area contributed by atoms with Gasteiger partial charge in [-0.05, 0) is 6.07 Å². The molecule has 0 saturated carbocycles. The highest BCUT2D eigenvalue weighted by atomic mass is 32.2. The molecule has 3 rings (SSSR count). The highest BCUT2D eigenvalue weighted by Gasteiger charge is 2.29. The molecule has 0 radical (unpaired) electrons. The van der Waals surface area contributed by atoms with Crippen LogP contribution in [0.1, 0.15) is 6.04 Å². The summed E-state index contributed by atoms with van der Waals surface area (Å²) in [4.78, 5) is 11.4. The predicted octanol–water partition coefficient (Wildman–Crippen LogP) is 3.03. The number of para-hydroxylation sites is 1. The SMILES string of the molecule is COCC(=O)N=Nc1c(O)n(C2CSC2)c2c(F)cccc12. The van der Waals surface area contributed by atoms with E-state index in [2.05, 4.69) is 15.0 Å². The lowest BCUT2D eigenvalue weighted by molar-refractivity contribution is -0.121.